The minimum atomic E-state index is -0.908. The van der Waals surface area contributed by atoms with E-state index in [2.05, 4.69) is 0 Å². The molecule has 3 atom stereocenters. The maximum Gasteiger partial charge on any atom is 0.330 e. The van der Waals surface area contributed by atoms with Crippen molar-refractivity contribution in [2.45, 2.75) is 24.9 Å². The van der Waals surface area contributed by atoms with Crippen LogP contribution in [0.4, 0.5) is 4.39 Å². The molecule has 1 aliphatic rings. The number of halogens is 1. The molecule has 0 aliphatic carbocycles. The van der Waals surface area contributed by atoms with Crippen LogP contribution in [0.25, 0.3) is 6.08 Å². The summed E-state index contributed by atoms with van der Waals surface area (Å²) in [7, 11) is 0. The summed E-state index contributed by atoms with van der Waals surface area (Å²) in [5, 5.41) is 18.6. The Kier molecular flexibility index (Phi) is 3.93. The molecular formula is C11H13FN2O5. The van der Waals surface area contributed by atoms with Gasteiger partial charge in [-0.05, 0) is 6.08 Å². The molecule has 0 bridgehead atoms. The van der Waals surface area contributed by atoms with E-state index in [1.165, 1.54) is 0 Å². The van der Waals surface area contributed by atoms with Crippen LogP contribution in [0.15, 0.2) is 22.1 Å². The van der Waals surface area contributed by atoms with Crippen LogP contribution >= 0.6 is 0 Å². The number of H-pyrrole nitrogens is 1. The van der Waals surface area contributed by atoms with Gasteiger partial charge in [-0.1, -0.05) is 0 Å². The van der Waals surface area contributed by atoms with Gasteiger partial charge < -0.3 is 14.9 Å². The number of hydrogen-bond donors (Lipinski definition) is 3. The average Bonchev–Trinajstić information content (AvgIpc) is 2.74. The molecule has 104 valence electrons. The third-order valence-corrected chi connectivity index (χ3v) is 2.93. The number of aliphatic hydroxyl groups is 2. The lowest BCUT2D eigenvalue weighted by molar-refractivity contribution is -0.0459. The Morgan fingerprint density at radius 1 is 1.58 bits per heavy atom. The molecule has 1 saturated heterocycles. The van der Waals surface area contributed by atoms with Gasteiger partial charge in [0.2, 0.25) is 0 Å². The van der Waals surface area contributed by atoms with E-state index in [1.807, 2.05) is 4.98 Å². The zero-order chi connectivity index (χ0) is 14.0. The van der Waals surface area contributed by atoms with Crippen molar-refractivity contribution in [3.05, 3.63) is 38.9 Å². The van der Waals surface area contributed by atoms with E-state index in [1.54, 1.807) is 0 Å². The minimum absolute atomic E-state index is 0.0485. The fourth-order valence-electron chi connectivity index (χ4n) is 1.95. The summed E-state index contributed by atoms with van der Waals surface area (Å²) in [5.74, 6) is 0. The highest BCUT2D eigenvalue weighted by Gasteiger charge is 2.35. The molecule has 19 heavy (non-hydrogen) atoms. The van der Waals surface area contributed by atoms with Crippen molar-refractivity contribution in [3.8, 4) is 0 Å². The Bertz CT molecular complexity index is 593. The molecule has 0 amide bonds. The van der Waals surface area contributed by atoms with Gasteiger partial charge in [-0.15, -0.1) is 0 Å². The monoisotopic (exact) mass is 272 g/mol. The second kappa shape index (κ2) is 5.47. The van der Waals surface area contributed by atoms with E-state index in [0.29, 0.717) is 0 Å². The molecule has 7 nitrogen and oxygen atoms in total. The minimum Gasteiger partial charge on any atom is -0.394 e. The molecule has 0 unspecified atom stereocenters. The first kappa shape index (κ1) is 13.7. The molecule has 1 aromatic rings. The van der Waals surface area contributed by atoms with Crippen LogP contribution in [-0.2, 0) is 4.74 Å². The number of ether oxygens (including phenoxy) is 1. The fourth-order valence-corrected chi connectivity index (χ4v) is 1.95. The molecule has 1 fully saturated rings. The van der Waals surface area contributed by atoms with Crippen molar-refractivity contribution >= 4 is 6.08 Å². The highest BCUT2D eigenvalue weighted by molar-refractivity contribution is 5.44. The maximum atomic E-state index is 12.1. The zero-order valence-electron chi connectivity index (χ0n) is 9.82. The molecule has 1 aromatic heterocycles. The SMILES string of the molecule is O=c1[nH]c(=O)n([C@@H]2C[C@@H](O)[C@H](CO)O2)cc1C=CF. The van der Waals surface area contributed by atoms with Crippen molar-refractivity contribution in [1.29, 1.82) is 0 Å². The largest absolute Gasteiger partial charge is 0.394 e. The molecule has 0 saturated carbocycles. The summed E-state index contributed by atoms with van der Waals surface area (Å²) in [6.07, 6.45) is -0.185. The fraction of sp³-hybridized carbons (Fsp3) is 0.455. The van der Waals surface area contributed by atoms with Crippen LogP contribution in [0.1, 0.15) is 18.2 Å². The van der Waals surface area contributed by atoms with Gasteiger partial charge in [0.05, 0.1) is 24.6 Å². The summed E-state index contributed by atoms with van der Waals surface area (Å²) >= 11 is 0. The third kappa shape index (κ3) is 2.65. The van der Waals surface area contributed by atoms with Crippen molar-refractivity contribution in [1.82, 2.24) is 9.55 Å². The van der Waals surface area contributed by atoms with Crippen LogP contribution in [-0.4, -0.2) is 38.6 Å². The van der Waals surface area contributed by atoms with Gasteiger partial charge in [-0.3, -0.25) is 14.3 Å². The van der Waals surface area contributed by atoms with Gasteiger partial charge in [0.1, 0.15) is 12.3 Å². The Hall–Kier alpha value is -1.77. The zero-order valence-corrected chi connectivity index (χ0v) is 9.82. The third-order valence-electron chi connectivity index (χ3n) is 2.93. The van der Waals surface area contributed by atoms with Gasteiger partial charge in [0, 0.05) is 12.6 Å². The summed E-state index contributed by atoms with van der Waals surface area (Å²) in [4.78, 5) is 25.0. The quantitative estimate of drug-likeness (QED) is 0.662. The number of nitrogens with zero attached hydrogens (tertiary/aromatic N) is 1. The summed E-state index contributed by atoms with van der Waals surface area (Å²) in [5.41, 5.74) is -1.49. The first-order valence-corrected chi connectivity index (χ1v) is 5.63. The molecule has 8 heteroatoms. The van der Waals surface area contributed by atoms with E-state index < -0.39 is 29.7 Å². The van der Waals surface area contributed by atoms with E-state index in [9.17, 15) is 19.1 Å². The first-order chi connectivity index (χ1) is 9.06. The number of aromatic nitrogens is 2. The summed E-state index contributed by atoms with van der Waals surface area (Å²) < 4.78 is 18.5. The Morgan fingerprint density at radius 3 is 2.89 bits per heavy atom. The Morgan fingerprint density at radius 2 is 2.32 bits per heavy atom. The number of aliphatic hydroxyl groups excluding tert-OH is 2. The van der Waals surface area contributed by atoms with E-state index in [0.717, 1.165) is 16.8 Å². The van der Waals surface area contributed by atoms with E-state index in [4.69, 9.17) is 9.84 Å². The van der Waals surface area contributed by atoms with Gasteiger partial charge in [-0.25, -0.2) is 9.18 Å². The van der Waals surface area contributed by atoms with Crippen molar-refractivity contribution < 1.29 is 19.3 Å². The van der Waals surface area contributed by atoms with E-state index in [-0.39, 0.29) is 24.9 Å². The number of rotatable bonds is 3. The highest BCUT2D eigenvalue weighted by atomic mass is 19.1. The lowest BCUT2D eigenvalue weighted by Crippen LogP contribution is -2.33. The molecule has 0 spiro atoms. The molecular weight excluding hydrogens is 259 g/mol. The Labute approximate surface area is 106 Å². The molecule has 2 rings (SSSR count). The lowest BCUT2D eigenvalue weighted by Gasteiger charge is -2.14. The van der Waals surface area contributed by atoms with Gasteiger partial charge in [0.25, 0.3) is 5.56 Å². The number of nitrogens with one attached hydrogen (secondary N) is 1. The summed E-state index contributed by atoms with van der Waals surface area (Å²) in [6.45, 7) is -0.382. The topological polar surface area (TPSA) is 105 Å². The Balaban J connectivity index is 2.38. The predicted molar refractivity (Wildman–Crippen MR) is 63.1 cm³/mol. The molecule has 0 aromatic carbocycles. The van der Waals surface area contributed by atoms with Crippen LogP contribution < -0.4 is 11.2 Å². The smallest absolute Gasteiger partial charge is 0.330 e. The van der Waals surface area contributed by atoms with Crippen molar-refractivity contribution in [2.24, 2.45) is 0 Å². The predicted octanol–water partition coefficient (Wildman–Crippen LogP) is -0.883. The van der Waals surface area contributed by atoms with Gasteiger partial charge in [-0.2, -0.15) is 0 Å². The average molecular weight is 272 g/mol. The van der Waals surface area contributed by atoms with Crippen LogP contribution in [0.3, 0.4) is 0 Å². The van der Waals surface area contributed by atoms with Gasteiger partial charge in [0.15, 0.2) is 0 Å². The lowest BCUT2D eigenvalue weighted by atomic mass is 10.2. The number of hydrogen-bond acceptors (Lipinski definition) is 5. The summed E-state index contributed by atoms with van der Waals surface area (Å²) in [6, 6.07) is 0. The van der Waals surface area contributed by atoms with Crippen molar-refractivity contribution in [3.63, 3.8) is 0 Å². The van der Waals surface area contributed by atoms with E-state index >= 15 is 0 Å². The van der Waals surface area contributed by atoms with Crippen LogP contribution in [0, 0.1) is 0 Å². The highest BCUT2D eigenvalue weighted by Crippen LogP contribution is 2.27. The van der Waals surface area contributed by atoms with Gasteiger partial charge >= 0.3 is 5.69 Å². The molecule has 0 radical (unpaired) electrons. The number of aromatic amines is 1. The normalized spacial score (nSPS) is 27.2. The van der Waals surface area contributed by atoms with Crippen molar-refractivity contribution in [2.75, 3.05) is 6.61 Å². The second-order valence-electron chi connectivity index (χ2n) is 4.16. The molecule has 2 heterocycles. The maximum absolute atomic E-state index is 12.1. The standard InChI is InChI=1S/C11H13FN2O5/c12-2-1-6-4-14(11(18)13-10(6)17)9-3-7(16)8(5-15)19-9/h1-2,4,7-9,15-16H,3,5H2,(H,13,17,18)/t7-,8+,9+/m1/s1. The second-order valence-corrected chi connectivity index (χ2v) is 4.16. The van der Waals surface area contributed by atoms with Crippen LogP contribution in [0.2, 0.25) is 0 Å². The molecule has 1 aliphatic heterocycles. The molecule has 3 N–H and O–H groups in total. The van der Waals surface area contributed by atoms with Crippen LogP contribution in [0.5, 0.6) is 0 Å². The first-order valence-electron chi connectivity index (χ1n) is 5.63.